The molecule has 0 amide bonds. The first-order valence-electron chi connectivity index (χ1n) is 3.77. The fourth-order valence-corrected chi connectivity index (χ4v) is 1.62. The highest BCUT2D eigenvalue weighted by molar-refractivity contribution is 7.78. The number of nitrogens with two attached hydrogens (primary N) is 1. The Balaban J connectivity index is 3.00. The molecule has 68 valence electrons. The van der Waals surface area contributed by atoms with Gasteiger partial charge in [0, 0.05) is 6.04 Å². The summed E-state index contributed by atoms with van der Waals surface area (Å²) < 4.78 is 15.8. The van der Waals surface area contributed by atoms with E-state index >= 15 is 0 Å². The van der Waals surface area contributed by atoms with Crippen molar-refractivity contribution in [3.8, 4) is 0 Å². The molecular formula is C8H13FN2S. The molecule has 1 aliphatic carbocycles. The van der Waals surface area contributed by atoms with Crippen LogP contribution < -0.4 is 10.5 Å². The van der Waals surface area contributed by atoms with Crippen LogP contribution in [0.15, 0.2) is 23.0 Å². The van der Waals surface area contributed by atoms with Gasteiger partial charge in [-0.1, -0.05) is 18.4 Å². The zero-order valence-electron chi connectivity index (χ0n) is 7.13. The molecule has 0 radical (unpaired) electrons. The summed E-state index contributed by atoms with van der Waals surface area (Å²) in [4.78, 5) is 0. The number of thiol groups is 1. The predicted molar refractivity (Wildman–Crippen MR) is 51.5 cm³/mol. The van der Waals surface area contributed by atoms with Gasteiger partial charge in [0.2, 0.25) is 0 Å². The third kappa shape index (κ3) is 1.55. The molecule has 0 aliphatic heterocycles. The average Bonchev–Trinajstić information content (AvgIpc) is 2.02. The maximum absolute atomic E-state index is 13.1. The van der Waals surface area contributed by atoms with Crippen molar-refractivity contribution in [3.63, 3.8) is 0 Å². The average molecular weight is 188 g/mol. The minimum absolute atomic E-state index is 0.179. The Morgan fingerprint density at radius 1 is 1.58 bits per heavy atom. The molecule has 4 heteroatoms. The Morgan fingerprint density at radius 3 is 2.67 bits per heavy atom. The molecule has 0 heterocycles. The van der Waals surface area contributed by atoms with Crippen molar-refractivity contribution in [1.29, 1.82) is 0 Å². The van der Waals surface area contributed by atoms with Crippen LogP contribution in [0.5, 0.6) is 0 Å². The smallest absolute Gasteiger partial charge is 0.123 e. The molecule has 2 nitrogen and oxygen atoms in total. The summed E-state index contributed by atoms with van der Waals surface area (Å²) in [6, 6.07) is -0.375. The van der Waals surface area contributed by atoms with Crippen molar-refractivity contribution in [2.24, 2.45) is 5.73 Å². The maximum Gasteiger partial charge on any atom is 0.123 e. The summed E-state index contributed by atoms with van der Waals surface area (Å²) in [5.74, 6) is -0.208. The summed E-state index contributed by atoms with van der Waals surface area (Å²) in [5.41, 5.74) is 7.26. The summed E-state index contributed by atoms with van der Waals surface area (Å²) >= 11 is 3.91. The van der Waals surface area contributed by atoms with E-state index in [-0.39, 0.29) is 17.9 Å². The molecule has 2 unspecified atom stereocenters. The summed E-state index contributed by atoms with van der Waals surface area (Å²) in [5, 5.41) is 0. The molecule has 0 saturated heterocycles. The van der Waals surface area contributed by atoms with Crippen LogP contribution in [0.4, 0.5) is 4.39 Å². The van der Waals surface area contributed by atoms with Gasteiger partial charge in [-0.15, -0.1) is 0 Å². The highest BCUT2D eigenvalue weighted by Crippen LogP contribution is 2.24. The molecule has 0 spiro atoms. The Kier molecular flexibility index (Phi) is 2.93. The van der Waals surface area contributed by atoms with E-state index in [0.29, 0.717) is 5.57 Å². The molecule has 0 bridgehead atoms. The summed E-state index contributed by atoms with van der Waals surface area (Å²) in [6.45, 7) is 3.53. The van der Waals surface area contributed by atoms with E-state index in [1.165, 1.54) is 6.08 Å². The SMILES string of the molecule is CC1=CC(F)=C(C)C(NS)C1N. The molecule has 0 aromatic heterocycles. The predicted octanol–water partition coefficient (Wildman–Crippen LogP) is 1.32. The van der Waals surface area contributed by atoms with E-state index < -0.39 is 0 Å². The Hall–Kier alpha value is -0.320. The standard InChI is InChI=1S/C8H13FN2S/c1-4-3-6(9)5(2)8(11-12)7(4)10/h3,7-8,11-12H,10H2,1-2H3. The maximum atomic E-state index is 13.1. The van der Waals surface area contributed by atoms with Crippen LogP contribution in [0.3, 0.4) is 0 Å². The first-order chi connectivity index (χ1) is 5.57. The minimum atomic E-state index is -0.208. The van der Waals surface area contributed by atoms with Crippen molar-refractivity contribution in [1.82, 2.24) is 4.72 Å². The van der Waals surface area contributed by atoms with Gasteiger partial charge in [0.25, 0.3) is 0 Å². The highest BCUT2D eigenvalue weighted by atomic mass is 32.1. The molecule has 0 fully saturated rings. The summed E-state index contributed by atoms with van der Waals surface area (Å²) in [7, 11) is 0. The number of allylic oxidation sites excluding steroid dienone is 2. The van der Waals surface area contributed by atoms with Gasteiger partial charge in [0.15, 0.2) is 0 Å². The second kappa shape index (κ2) is 3.60. The topological polar surface area (TPSA) is 38.0 Å². The second-order valence-corrected chi connectivity index (χ2v) is 3.31. The first-order valence-corrected chi connectivity index (χ1v) is 4.22. The van der Waals surface area contributed by atoms with Crippen LogP contribution in [0, 0.1) is 0 Å². The lowest BCUT2D eigenvalue weighted by atomic mass is 9.90. The van der Waals surface area contributed by atoms with Gasteiger partial charge in [-0.05, 0) is 25.5 Å². The molecule has 0 aromatic rings. The lowest BCUT2D eigenvalue weighted by Gasteiger charge is -2.28. The first kappa shape index (κ1) is 9.77. The lowest BCUT2D eigenvalue weighted by Crippen LogP contribution is -2.44. The van der Waals surface area contributed by atoms with E-state index in [1.807, 2.05) is 6.92 Å². The number of nitrogens with one attached hydrogen (secondary N) is 1. The molecule has 2 atom stereocenters. The molecule has 1 aliphatic rings. The molecule has 0 saturated carbocycles. The number of rotatable bonds is 1. The largest absolute Gasteiger partial charge is 0.323 e. The van der Waals surface area contributed by atoms with Crippen molar-refractivity contribution in [2.45, 2.75) is 25.9 Å². The Morgan fingerprint density at radius 2 is 2.17 bits per heavy atom. The van der Waals surface area contributed by atoms with Crippen molar-refractivity contribution in [3.05, 3.63) is 23.0 Å². The van der Waals surface area contributed by atoms with E-state index in [1.54, 1.807) is 6.92 Å². The van der Waals surface area contributed by atoms with Gasteiger partial charge >= 0.3 is 0 Å². The van der Waals surface area contributed by atoms with Crippen LogP contribution in [-0.2, 0) is 0 Å². The van der Waals surface area contributed by atoms with E-state index in [2.05, 4.69) is 17.5 Å². The van der Waals surface area contributed by atoms with Gasteiger partial charge < -0.3 is 5.73 Å². The number of halogens is 1. The monoisotopic (exact) mass is 188 g/mol. The van der Waals surface area contributed by atoms with Crippen molar-refractivity contribution < 1.29 is 4.39 Å². The normalized spacial score (nSPS) is 30.6. The molecular weight excluding hydrogens is 175 g/mol. The zero-order chi connectivity index (χ0) is 9.30. The zero-order valence-corrected chi connectivity index (χ0v) is 8.03. The fourth-order valence-electron chi connectivity index (χ4n) is 1.27. The van der Waals surface area contributed by atoms with Gasteiger partial charge in [0.1, 0.15) is 5.83 Å². The van der Waals surface area contributed by atoms with E-state index in [0.717, 1.165) is 5.57 Å². The van der Waals surface area contributed by atoms with Gasteiger partial charge in [-0.2, -0.15) is 0 Å². The molecule has 3 N–H and O–H groups in total. The van der Waals surface area contributed by atoms with E-state index in [9.17, 15) is 4.39 Å². The molecule has 0 aromatic carbocycles. The quantitative estimate of drug-likeness (QED) is 0.543. The Labute approximate surface area is 77.3 Å². The van der Waals surface area contributed by atoms with Crippen LogP contribution in [0.2, 0.25) is 0 Å². The van der Waals surface area contributed by atoms with E-state index in [4.69, 9.17) is 5.73 Å². The number of hydrogen-bond acceptors (Lipinski definition) is 3. The highest BCUT2D eigenvalue weighted by Gasteiger charge is 2.25. The van der Waals surface area contributed by atoms with Crippen LogP contribution >= 0.6 is 12.8 Å². The van der Waals surface area contributed by atoms with Crippen LogP contribution in [0.25, 0.3) is 0 Å². The third-order valence-electron chi connectivity index (χ3n) is 2.22. The molecule has 1 rings (SSSR count). The summed E-state index contributed by atoms with van der Waals surface area (Å²) in [6.07, 6.45) is 1.47. The Bertz CT molecular complexity index is 247. The van der Waals surface area contributed by atoms with Crippen molar-refractivity contribution >= 4 is 12.8 Å². The second-order valence-electron chi connectivity index (χ2n) is 3.05. The van der Waals surface area contributed by atoms with Crippen LogP contribution in [0.1, 0.15) is 13.8 Å². The number of hydrogen-bond donors (Lipinski definition) is 3. The molecule has 12 heavy (non-hydrogen) atoms. The van der Waals surface area contributed by atoms with Gasteiger partial charge in [-0.3, -0.25) is 4.72 Å². The van der Waals surface area contributed by atoms with Crippen LogP contribution in [-0.4, -0.2) is 12.1 Å². The minimum Gasteiger partial charge on any atom is -0.323 e. The lowest BCUT2D eigenvalue weighted by molar-refractivity contribution is 0.550. The van der Waals surface area contributed by atoms with Crippen molar-refractivity contribution in [2.75, 3.05) is 0 Å². The fraction of sp³-hybridized carbons (Fsp3) is 0.500. The van der Waals surface area contributed by atoms with Gasteiger partial charge in [0.05, 0.1) is 6.04 Å². The third-order valence-corrected chi connectivity index (χ3v) is 2.50. The van der Waals surface area contributed by atoms with Gasteiger partial charge in [-0.25, -0.2) is 4.39 Å².